The molecule has 2 N–H and O–H groups in total. The molecule has 0 bridgehead atoms. The lowest BCUT2D eigenvalue weighted by Crippen LogP contribution is -2.20. The number of aromatic nitrogens is 2. The second kappa shape index (κ2) is 7.00. The van der Waals surface area contributed by atoms with Gasteiger partial charge in [-0.2, -0.15) is 0 Å². The van der Waals surface area contributed by atoms with Crippen molar-refractivity contribution in [1.29, 1.82) is 0 Å². The number of hydrogen-bond donors (Lipinski definition) is 2. The molecule has 0 aliphatic rings. The van der Waals surface area contributed by atoms with E-state index in [0.717, 1.165) is 31.3 Å². The van der Waals surface area contributed by atoms with Gasteiger partial charge in [-0.25, -0.2) is 9.97 Å². The highest BCUT2D eigenvalue weighted by Crippen LogP contribution is 2.08. The Morgan fingerprint density at radius 2 is 1.94 bits per heavy atom. The third kappa shape index (κ3) is 4.44. The van der Waals surface area contributed by atoms with Crippen LogP contribution >= 0.6 is 0 Å². The fraction of sp³-hybridized carbons (Fsp3) is 0.636. The predicted molar refractivity (Wildman–Crippen MR) is 65.8 cm³/mol. The van der Waals surface area contributed by atoms with Crippen LogP contribution in [-0.2, 0) is 4.74 Å². The Labute approximate surface area is 96.6 Å². The molecule has 0 radical (unpaired) electrons. The van der Waals surface area contributed by atoms with Gasteiger partial charge in [-0.05, 0) is 20.8 Å². The maximum Gasteiger partial charge on any atom is 0.131 e. The van der Waals surface area contributed by atoms with Crippen molar-refractivity contribution < 1.29 is 4.74 Å². The minimum Gasteiger partial charge on any atom is -0.377 e. The first-order chi connectivity index (χ1) is 7.76. The van der Waals surface area contributed by atoms with Crippen LogP contribution in [0.25, 0.3) is 0 Å². The van der Waals surface area contributed by atoms with Gasteiger partial charge in [-0.15, -0.1) is 0 Å². The van der Waals surface area contributed by atoms with Gasteiger partial charge in [0.1, 0.15) is 18.0 Å². The van der Waals surface area contributed by atoms with Crippen molar-refractivity contribution in [1.82, 2.24) is 9.97 Å². The lowest BCUT2D eigenvalue weighted by molar-refractivity contribution is 0.0855. The van der Waals surface area contributed by atoms with Gasteiger partial charge >= 0.3 is 0 Å². The molecule has 0 saturated carbocycles. The van der Waals surface area contributed by atoms with E-state index in [1.165, 1.54) is 0 Å². The van der Waals surface area contributed by atoms with Crippen LogP contribution in [0.1, 0.15) is 20.8 Å². The zero-order valence-electron chi connectivity index (χ0n) is 10.2. The summed E-state index contributed by atoms with van der Waals surface area (Å²) in [5.41, 5.74) is 0. The Morgan fingerprint density at radius 1 is 1.25 bits per heavy atom. The van der Waals surface area contributed by atoms with Crippen LogP contribution in [0, 0.1) is 0 Å². The van der Waals surface area contributed by atoms with Crippen LogP contribution in [0.3, 0.4) is 0 Å². The average Bonchev–Trinajstić information content (AvgIpc) is 2.28. The van der Waals surface area contributed by atoms with E-state index in [0.29, 0.717) is 0 Å². The summed E-state index contributed by atoms with van der Waals surface area (Å²) in [4.78, 5) is 8.24. The van der Waals surface area contributed by atoms with Gasteiger partial charge in [0.05, 0.1) is 6.10 Å². The smallest absolute Gasteiger partial charge is 0.131 e. The van der Waals surface area contributed by atoms with E-state index in [1.807, 2.05) is 26.8 Å². The summed E-state index contributed by atoms with van der Waals surface area (Å²) in [6, 6.07) is 1.89. The van der Waals surface area contributed by atoms with Crippen molar-refractivity contribution in [3.63, 3.8) is 0 Å². The molecule has 5 nitrogen and oxygen atoms in total. The summed E-state index contributed by atoms with van der Waals surface area (Å²) in [5, 5.41) is 6.35. The monoisotopic (exact) mass is 224 g/mol. The average molecular weight is 224 g/mol. The van der Waals surface area contributed by atoms with E-state index >= 15 is 0 Å². The molecule has 1 unspecified atom stereocenters. The molecule has 0 spiro atoms. The van der Waals surface area contributed by atoms with Crippen molar-refractivity contribution in [2.24, 2.45) is 0 Å². The SMILES string of the molecule is CCNc1cc(NCC(C)OCC)ncn1. The van der Waals surface area contributed by atoms with Crippen molar-refractivity contribution in [3.05, 3.63) is 12.4 Å². The summed E-state index contributed by atoms with van der Waals surface area (Å²) >= 11 is 0. The van der Waals surface area contributed by atoms with Crippen molar-refractivity contribution >= 4 is 11.6 Å². The fourth-order valence-electron chi connectivity index (χ4n) is 1.32. The van der Waals surface area contributed by atoms with Gasteiger partial charge < -0.3 is 15.4 Å². The number of anilines is 2. The van der Waals surface area contributed by atoms with Crippen molar-refractivity contribution in [2.75, 3.05) is 30.3 Å². The molecule has 1 rings (SSSR count). The number of ether oxygens (including phenoxy) is 1. The molecule has 0 saturated heterocycles. The van der Waals surface area contributed by atoms with Crippen LogP contribution in [-0.4, -0.2) is 35.8 Å². The first kappa shape index (κ1) is 12.7. The normalized spacial score (nSPS) is 12.2. The third-order valence-corrected chi connectivity index (χ3v) is 2.05. The molecular weight excluding hydrogens is 204 g/mol. The standard InChI is InChI=1S/C11H20N4O/c1-4-12-10-6-11(15-8-14-10)13-7-9(3)16-5-2/h6,8-9H,4-5,7H2,1-3H3,(H2,12,13,14,15). The Hall–Kier alpha value is -1.36. The van der Waals surface area contributed by atoms with Crippen molar-refractivity contribution in [3.8, 4) is 0 Å². The Kier molecular flexibility index (Phi) is 5.56. The zero-order chi connectivity index (χ0) is 11.8. The Balaban J connectivity index is 2.44. The maximum atomic E-state index is 5.42. The van der Waals surface area contributed by atoms with Gasteiger partial charge in [-0.3, -0.25) is 0 Å². The molecule has 90 valence electrons. The highest BCUT2D eigenvalue weighted by atomic mass is 16.5. The zero-order valence-corrected chi connectivity index (χ0v) is 10.2. The van der Waals surface area contributed by atoms with Crippen LogP contribution in [0.2, 0.25) is 0 Å². The molecule has 0 amide bonds. The molecule has 0 aliphatic heterocycles. The van der Waals surface area contributed by atoms with Crippen LogP contribution in [0.4, 0.5) is 11.6 Å². The summed E-state index contributed by atoms with van der Waals surface area (Å²) in [6.45, 7) is 8.39. The number of nitrogens with one attached hydrogen (secondary N) is 2. The van der Waals surface area contributed by atoms with E-state index in [2.05, 4.69) is 20.6 Å². The van der Waals surface area contributed by atoms with Crippen LogP contribution in [0.15, 0.2) is 12.4 Å². The summed E-state index contributed by atoms with van der Waals surface area (Å²) in [6.07, 6.45) is 1.73. The van der Waals surface area contributed by atoms with E-state index < -0.39 is 0 Å². The predicted octanol–water partition coefficient (Wildman–Crippen LogP) is 1.75. The lowest BCUT2D eigenvalue weighted by Gasteiger charge is -2.13. The second-order valence-corrected chi connectivity index (χ2v) is 3.47. The first-order valence-electron chi connectivity index (χ1n) is 5.67. The third-order valence-electron chi connectivity index (χ3n) is 2.05. The minimum absolute atomic E-state index is 0.183. The van der Waals surface area contributed by atoms with Crippen LogP contribution in [0.5, 0.6) is 0 Å². The minimum atomic E-state index is 0.183. The second-order valence-electron chi connectivity index (χ2n) is 3.47. The molecule has 1 atom stereocenters. The Morgan fingerprint density at radius 3 is 2.56 bits per heavy atom. The van der Waals surface area contributed by atoms with Crippen LogP contribution < -0.4 is 10.6 Å². The quantitative estimate of drug-likeness (QED) is 0.739. The topological polar surface area (TPSA) is 59.1 Å². The van der Waals surface area contributed by atoms with Gasteiger partial charge in [0.2, 0.25) is 0 Å². The molecule has 5 heteroatoms. The Bertz CT molecular complexity index is 306. The number of hydrogen-bond acceptors (Lipinski definition) is 5. The van der Waals surface area contributed by atoms with E-state index in [9.17, 15) is 0 Å². The van der Waals surface area contributed by atoms with Gasteiger partial charge in [0, 0.05) is 25.8 Å². The number of rotatable bonds is 7. The van der Waals surface area contributed by atoms with E-state index in [4.69, 9.17) is 4.74 Å². The molecule has 0 aliphatic carbocycles. The highest BCUT2D eigenvalue weighted by molar-refractivity contribution is 5.46. The fourth-order valence-corrected chi connectivity index (χ4v) is 1.32. The van der Waals surface area contributed by atoms with Crippen molar-refractivity contribution in [2.45, 2.75) is 26.9 Å². The molecule has 0 fully saturated rings. The first-order valence-corrected chi connectivity index (χ1v) is 5.67. The summed E-state index contributed by atoms with van der Waals surface area (Å²) < 4.78 is 5.42. The molecule has 1 heterocycles. The molecule has 0 aromatic carbocycles. The van der Waals surface area contributed by atoms with Gasteiger partial charge in [-0.1, -0.05) is 0 Å². The highest BCUT2D eigenvalue weighted by Gasteiger charge is 2.02. The van der Waals surface area contributed by atoms with E-state index in [-0.39, 0.29) is 6.10 Å². The lowest BCUT2D eigenvalue weighted by atomic mass is 10.4. The largest absolute Gasteiger partial charge is 0.377 e. The molecule has 1 aromatic rings. The van der Waals surface area contributed by atoms with E-state index in [1.54, 1.807) is 6.33 Å². The maximum absolute atomic E-state index is 5.42. The van der Waals surface area contributed by atoms with Gasteiger partial charge in [0.25, 0.3) is 0 Å². The number of nitrogens with zero attached hydrogens (tertiary/aromatic N) is 2. The molecular formula is C11H20N4O. The summed E-state index contributed by atoms with van der Waals surface area (Å²) in [7, 11) is 0. The summed E-state index contributed by atoms with van der Waals surface area (Å²) in [5.74, 6) is 1.65. The van der Waals surface area contributed by atoms with Gasteiger partial charge in [0.15, 0.2) is 0 Å². The molecule has 16 heavy (non-hydrogen) atoms. The molecule has 1 aromatic heterocycles.